The van der Waals surface area contributed by atoms with E-state index in [4.69, 9.17) is 0 Å². The van der Waals surface area contributed by atoms with Gasteiger partial charge in [-0.3, -0.25) is 0 Å². The molecule has 2 rings (SSSR count). The van der Waals surface area contributed by atoms with Crippen LogP contribution in [0.3, 0.4) is 0 Å². The topological polar surface area (TPSA) is 24.9 Å². The van der Waals surface area contributed by atoms with E-state index in [0.717, 1.165) is 12.2 Å². The van der Waals surface area contributed by atoms with Gasteiger partial charge in [0.2, 0.25) is 0 Å². The van der Waals surface area contributed by atoms with Crippen LogP contribution in [0.25, 0.3) is 0 Å². The van der Waals surface area contributed by atoms with Crippen molar-refractivity contribution in [1.29, 1.82) is 0 Å². The Morgan fingerprint density at radius 1 is 1.69 bits per heavy atom. The molecule has 72 valence electrons. The second-order valence-electron chi connectivity index (χ2n) is 3.83. The van der Waals surface area contributed by atoms with Gasteiger partial charge in [0.15, 0.2) is 0 Å². The first-order valence-electron chi connectivity index (χ1n) is 4.43. The molecule has 2 nitrogen and oxygen atoms in total. The Hall–Kier alpha value is -0.0600. The molecule has 2 heterocycles. The van der Waals surface area contributed by atoms with Crippen LogP contribution in [0.5, 0.6) is 0 Å². The highest BCUT2D eigenvalue weighted by atomic mass is 32.2. The minimum Gasteiger partial charge on any atom is -0.306 e. The highest BCUT2D eigenvalue weighted by Gasteiger charge is 2.38. The molecule has 4 heteroatoms. The molecule has 1 aliphatic heterocycles. The van der Waals surface area contributed by atoms with Crippen LogP contribution in [-0.2, 0) is 6.54 Å². The Bertz CT molecular complexity index is 269. The SMILES string of the molecule is CC1(C)SCC1NCc1cscn1. The third-order valence-corrected chi connectivity index (χ3v) is 4.64. The average Bonchev–Trinajstić information content (AvgIpc) is 2.55. The van der Waals surface area contributed by atoms with Crippen LogP contribution in [0, 0.1) is 0 Å². The van der Waals surface area contributed by atoms with E-state index in [-0.39, 0.29) is 0 Å². The summed E-state index contributed by atoms with van der Waals surface area (Å²) in [6, 6.07) is 0.652. The molecular weight excluding hydrogens is 200 g/mol. The van der Waals surface area contributed by atoms with Crippen molar-refractivity contribution in [3.8, 4) is 0 Å². The van der Waals surface area contributed by atoms with E-state index in [1.807, 2.05) is 17.3 Å². The quantitative estimate of drug-likeness (QED) is 0.834. The first-order chi connectivity index (χ1) is 6.18. The maximum atomic E-state index is 4.24. The maximum Gasteiger partial charge on any atom is 0.0795 e. The molecule has 0 aliphatic carbocycles. The van der Waals surface area contributed by atoms with Gasteiger partial charge in [0.25, 0.3) is 0 Å². The van der Waals surface area contributed by atoms with Gasteiger partial charge < -0.3 is 5.32 Å². The van der Waals surface area contributed by atoms with Gasteiger partial charge in [-0.1, -0.05) is 0 Å². The zero-order valence-electron chi connectivity index (χ0n) is 7.91. The van der Waals surface area contributed by atoms with Crippen LogP contribution in [0.1, 0.15) is 19.5 Å². The molecule has 1 fully saturated rings. The predicted octanol–water partition coefficient (Wildman–Crippen LogP) is 2.13. The molecule has 0 bridgehead atoms. The smallest absolute Gasteiger partial charge is 0.0795 e. The van der Waals surface area contributed by atoms with E-state index in [2.05, 4.69) is 29.5 Å². The maximum absolute atomic E-state index is 4.24. The van der Waals surface area contributed by atoms with Gasteiger partial charge in [-0.2, -0.15) is 11.8 Å². The monoisotopic (exact) mass is 214 g/mol. The molecule has 1 saturated heterocycles. The number of thiazole rings is 1. The van der Waals surface area contributed by atoms with Crippen LogP contribution in [0.2, 0.25) is 0 Å². The Morgan fingerprint density at radius 3 is 3.00 bits per heavy atom. The molecule has 1 N–H and O–H groups in total. The third kappa shape index (κ3) is 2.06. The summed E-state index contributed by atoms with van der Waals surface area (Å²) in [4.78, 5) is 4.24. The van der Waals surface area contributed by atoms with Crippen LogP contribution in [-0.4, -0.2) is 21.5 Å². The van der Waals surface area contributed by atoms with E-state index in [0.29, 0.717) is 10.8 Å². The van der Waals surface area contributed by atoms with Crippen molar-refractivity contribution >= 4 is 23.1 Å². The van der Waals surface area contributed by atoms with Crippen molar-refractivity contribution in [1.82, 2.24) is 10.3 Å². The zero-order chi connectivity index (χ0) is 9.31. The van der Waals surface area contributed by atoms with Crippen molar-refractivity contribution in [2.24, 2.45) is 0 Å². The molecule has 13 heavy (non-hydrogen) atoms. The third-order valence-electron chi connectivity index (χ3n) is 2.47. The van der Waals surface area contributed by atoms with Crippen LogP contribution in [0.4, 0.5) is 0 Å². The van der Waals surface area contributed by atoms with Crippen molar-refractivity contribution in [3.63, 3.8) is 0 Å². The largest absolute Gasteiger partial charge is 0.306 e. The minimum atomic E-state index is 0.413. The lowest BCUT2D eigenvalue weighted by Crippen LogP contribution is -2.54. The van der Waals surface area contributed by atoms with Gasteiger partial charge in [-0.05, 0) is 13.8 Å². The van der Waals surface area contributed by atoms with Crippen molar-refractivity contribution in [2.45, 2.75) is 31.2 Å². The molecule has 0 radical (unpaired) electrons. The number of aromatic nitrogens is 1. The molecular formula is C9H14N2S2. The number of rotatable bonds is 3. The molecule has 1 aliphatic rings. The summed E-state index contributed by atoms with van der Waals surface area (Å²) in [6.07, 6.45) is 0. The van der Waals surface area contributed by atoms with E-state index in [1.54, 1.807) is 11.3 Å². The van der Waals surface area contributed by atoms with Crippen molar-refractivity contribution in [2.75, 3.05) is 5.75 Å². The Balaban J connectivity index is 1.81. The zero-order valence-corrected chi connectivity index (χ0v) is 9.54. The highest BCUT2D eigenvalue weighted by molar-refractivity contribution is 8.02. The van der Waals surface area contributed by atoms with Crippen LogP contribution < -0.4 is 5.32 Å². The second kappa shape index (κ2) is 3.59. The summed E-state index contributed by atoms with van der Waals surface area (Å²) < 4.78 is 0.413. The summed E-state index contributed by atoms with van der Waals surface area (Å²) >= 11 is 3.69. The van der Waals surface area contributed by atoms with Crippen LogP contribution >= 0.6 is 23.1 Å². The van der Waals surface area contributed by atoms with Gasteiger partial charge in [0, 0.05) is 28.5 Å². The minimum absolute atomic E-state index is 0.413. The molecule has 0 spiro atoms. The van der Waals surface area contributed by atoms with E-state index < -0.39 is 0 Å². The molecule has 1 atom stereocenters. The van der Waals surface area contributed by atoms with Gasteiger partial charge in [0.1, 0.15) is 0 Å². The molecule has 0 amide bonds. The van der Waals surface area contributed by atoms with Crippen molar-refractivity contribution < 1.29 is 0 Å². The Labute approximate surface area is 87.1 Å². The van der Waals surface area contributed by atoms with E-state index in [9.17, 15) is 0 Å². The lowest BCUT2D eigenvalue weighted by molar-refractivity contribution is 0.434. The first-order valence-corrected chi connectivity index (χ1v) is 6.36. The Morgan fingerprint density at radius 2 is 2.54 bits per heavy atom. The van der Waals surface area contributed by atoms with E-state index in [1.165, 1.54) is 5.75 Å². The number of hydrogen-bond acceptors (Lipinski definition) is 4. The molecule has 1 aromatic rings. The summed E-state index contributed by atoms with van der Waals surface area (Å²) in [5, 5.41) is 5.64. The van der Waals surface area contributed by atoms with Gasteiger partial charge in [-0.25, -0.2) is 4.98 Å². The standard InChI is InChI=1S/C9H14N2S2/c1-9(2)8(5-13-9)10-3-7-4-12-6-11-7/h4,6,8,10H,3,5H2,1-2H3. The summed E-state index contributed by atoms with van der Waals surface area (Å²) in [7, 11) is 0. The highest BCUT2D eigenvalue weighted by Crippen LogP contribution is 2.39. The predicted molar refractivity (Wildman–Crippen MR) is 59.3 cm³/mol. The fraction of sp³-hybridized carbons (Fsp3) is 0.667. The number of hydrogen-bond donors (Lipinski definition) is 1. The first kappa shape index (κ1) is 9.49. The summed E-state index contributed by atoms with van der Waals surface area (Å²) in [5.41, 5.74) is 3.05. The molecule has 1 unspecified atom stereocenters. The molecule has 0 saturated carbocycles. The van der Waals surface area contributed by atoms with E-state index >= 15 is 0 Å². The molecule has 1 aromatic heterocycles. The summed E-state index contributed by atoms with van der Waals surface area (Å²) in [5.74, 6) is 1.23. The van der Waals surface area contributed by atoms with Crippen molar-refractivity contribution in [3.05, 3.63) is 16.6 Å². The van der Waals surface area contributed by atoms with Gasteiger partial charge in [-0.15, -0.1) is 11.3 Å². The lowest BCUT2D eigenvalue weighted by Gasteiger charge is -2.44. The number of nitrogens with zero attached hydrogens (tertiary/aromatic N) is 1. The summed E-state index contributed by atoms with van der Waals surface area (Å²) in [6.45, 7) is 5.50. The van der Waals surface area contributed by atoms with Crippen LogP contribution in [0.15, 0.2) is 10.9 Å². The number of nitrogens with one attached hydrogen (secondary N) is 1. The normalized spacial score (nSPS) is 25.5. The fourth-order valence-electron chi connectivity index (χ4n) is 1.36. The van der Waals surface area contributed by atoms with Gasteiger partial charge >= 0.3 is 0 Å². The molecule has 0 aromatic carbocycles. The lowest BCUT2D eigenvalue weighted by atomic mass is 10.0. The Kier molecular flexibility index (Phi) is 2.62. The van der Waals surface area contributed by atoms with Gasteiger partial charge in [0.05, 0.1) is 11.2 Å². The number of thioether (sulfide) groups is 1. The average molecular weight is 214 g/mol. The second-order valence-corrected chi connectivity index (χ2v) is 6.22. The fourth-order valence-corrected chi connectivity index (χ4v) is 3.12.